The monoisotopic (exact) mass is 186 g/mol. The van der Waals surface area contributed by atoms with Crippen molar-refractivity contribution in [3.63, 3.8) is 0 Å². The Hall–Kier alpha value is -0.570. The van der Waals surface area contributed by atoms with E-state index in [0.717, 1.165) is 12.8 Å². The van der Waals surface area contributed by atoms with Gasteiger partial charge in [0, 0.05) is 0 Å². The standard InChI is InChI=1S/C10H20NO2/c1-4-5-6-7-8-13-9(12)10(2,3)11/h11H,4-8H2,1-3H3. The fourth-order valence-electron chi connectivity index (χ4n) is 0.874. The maximum Gasteiger partial charge on any atom is 0.327 e. The zero-order chi connectivity index (χ0) is 10.3. The molecule has 0 heterocycles. The molecule has 77 valence electrons. The minimum absolute atomic E-state index is 0.427. The Morgan fingerprint density at radius 3 is 2.38 bits per heavy atom. The van der Waals surface area contributed by atoms with E-state index in [2.05, 4.69) is 6.92 Å². The van der Waals surface area contributed by atoms with Crippen LogP contribution in [0, 0.1) is 0 Å². The summed E-state index contributed by atoms with van der Waals surface area (Å²) in [5, 5.41) is 0. The van der Waals surface area contributed by atoms with E-state index >= 15 is 0 Å². The lowest BCUT2D eigenvalue weighted by Gasteiger charge is -2.15. The minimum atomic E-state index is -1.11. The van der Waals surface area contributed by atoms with E-state index in [4.69, 9.17) is 10.5 Å². The summed E-state index contributed by atoms with van der Waals surface area (Å²) in [4.78, 5) is 11.1. The summed E-state index contributed by atoms with van der Waals surface area (Å²) in [5.74, 6) is -0.427. The van der Waals surface area contributed by atoms with Crippen LogP contribution in [0.4, 0.5) is 0 Å². The Morgan fingerprint density at radius 1 is 1.31 bits per heavy atom. The van der Waals surface area contributed by atoms with Crippen molar-refractivity contribution in [3.8, 4) is 0 Å². The molecule has 0 aliphatic heterocycles. The van der Waals surface area contributed by atoms with Gasteiger partial charge in [0.25, 0.3) is 0 Å². The van der Waals surface area contributed by atoms with Gasteiger partial charge in [-0.2, -0.15) is 0 Å². The molecule has 1 N–H and O–H groups in total. The summed E-state index contributed by atoms with van der Waals surface area (Å²) in [6, 6.07) is 0. The van der Waals surface area contributed by atoms with Gasteiger partial charge in [0.2, 0.25) is 0 Å². The first-order valence-corrected chi connectivity index (χ1v) is 4.90. The van der Waals surface area contributed by atoms with Crippen molar-refractivity contribution in [1.82, 2.24) is 5.73 Å². The minimum Gasteiger partial charge on any atom is -0.464 e. The molecule has 13 heavy (non-hydrogen) atoms. The van der Waals surface area contributed by atoms with E-state index < -0.39 is 11.5 Å². The molecule has 0 saturated carbocycles. The number of rotatable bonds is 6. The van der Waals surface area contributed by atoms with Gasteiger partial charge in [0.1, 0.15) is 5.54 Å². The molecular weight excluding hydrogens is 166 g/mol. The molecule has 1 radical (unpaired) electrons. The molecule has 0 aliphatic carbocycles. The van der Waals surface area contributed by atoms with Crippen molar-refractivity contribution in [3.05, 3.63) is 0 Å². The lowest BCUT2D eigenvalue weighted by Crippen LogP contribution is -2.35. The lowest BCUT2D eigenvalue weighted by atomic mass is 10.1. The summed E-state index contributed by atoms with van der Waals surface area (Å²) in [7, 11) is 0. The van der Waals surface area contributed by atoms with Gasteiger partial charge in [0.15, 0.2) is 0 Å². The van der Waals surface area contributed by atoms with Gasteiger partial charge in [-0.1, -0.05) is 26.2 Å². The van der Waals surface area contributed by atoms with Gasteiger partial charge in [-0.05, 0) is 20.3 Å². The Labute approximate surface area is 80.6 Å². The molecule has 0 bridgehead atoms. The highest BCUT2D eigenvalue weighted by atomic mass is 16.5. The van der Waals surface area contributed by atoms with E-state index in [9.17, 15) is 4.79 Å². The van der Waals surface area contributed by atoms with Crippen molar-refractivity contribution in [1.29, 1.82) is 0 Å². The zero-order valence-corrected chi connectivity index (χ0v) is 8.85. The van der Waals surface area contributed by atoms with E-state index in [1.807, 2.05) is 0 Å². The van der Waals surface area contributed by atoms with Crippen molar-refractivity contribution in [2.75, 3.05) is 6.61 Å². The van der Waals surface area contributed by atoms with Crippen LogP contribution in [0.5, 0.6) is 0 Å². The maximum absolute atomic E-state index is 11.1. The Bertz CT molecular complexity index is 149. The number of nitrogens with one attached hydrogen (secondary N) is 1. The number of esters is 1. The summed E-state index contributed by atoms with van der Waals surface area (Å²) in [6.45, 7) is 5.68. The summed E-state index contributed by atoms with van der Waals surface area (Å²) in [5.41, 5.74) is 6.27. The van der Waals surface area contributed by atoms with Gasteiger partial charge in [0.05, 0.1) is 6.61 Å². The number of hydrogen-bond acceptors (Lipinski definition) is 2. The fraction of sp³-hybridized carbons (Fsp3) is 0.900. The normalized spacial score (nSPS) is 11.4. The van der Waals surface area contributed by atoms with Gasteiger partial charge < -0.3 is 4.74 Å². The molecule has 0 aromatic rings. The van der Waals surface area contributed by atoms with Crippen molar-refractivity contribution >= 4 is 5.97 Å². The van der Waals surface area contributed by atoms with Crippen LogP contribution in [-0.2, 0) is 9.53 Å². The highest BCUT2D eigenvalue weighted by Crippen LogP contribution is 2.04. The third-order valence-electron chi connectivity index (χ3n) is 1.74. The number of hydrogen-bond donors (Lipinski definition) is 0. The molecule has 3 heteroatoms. The smallest absolute Gasteiger partial charge is 0.327 e. The third-order valence-corrected chi connectivity index (χ3v) is 1.74. The van der Waals surface area contributed by atoms with Crippen LogP contribution in [0.1, 0.15) is 46.5 Å². The molecule has 0 aliphatic rings. The Balaban J connectivity index is 3.38. The van der Waals surface area contributed by atoms with Crippen molar-refractivity contribution < 1.29 is 9.53 Å². The average Bonchev–Trinajstić information content (AvgIpc) is 2.02. The van der Waals surface area contributed by atoms with E-state index in [0.29, 0.717) is 6.61 Å². The number of carbonyl (C=O) groups is 1. The first-order valence-electron chi connectivity index (χ1n) is 4.90. The topological polar surface area (TPSA) is 50.1 Å². The molecule has 0 atom stereocenters. The zero-order valence-electron chi connectivity index (χ0n) is 8.85. The summed E-state index contributed by atoms with van der Waals surface area (Å²) < 4.78 is 4.93. The average molecular weight is 186 g/mol. The van der Waals surface area contributed by atoms with Gasteiger partial charge >= 0.3 is 5.97 Å². The Kier molecular flexibility index (Phi) is 5.71. The third kappa shape index (κ3) is 6.58. The molecule has 0 spiro atoms. The van der Waals surface area contributed by atoms with Crippen molar-refractivity contribution in [2.45, 2.75) is 52.0 Å². The number of ether oxygens (including phenoxy) is 1. The van der Waals surface area contributed by atoms with E-state index in [1.54, 1.807) is 13.8 Å². The highest BCUT2D eigenvalue weighted by molar-refractivity contribution is 5.79. The molecule has 0 rings (SSSR count). The van der Waals surface area contributed by atoms with Crippen LogP contribution in [0.25, 0.3) is 0 Å². The molecule has 0 fully saturated rings. The second-order valence-corrected chi connectivity index (χ2v) is 3.82. The SMILES string of the molecule is CCCCCCOC(=O)C(C)(C)[NH]. The quantitative estimate of drug-likeness (QED) is 0.471. The van der Waals surface area contributed by atoms with Crippen LogP contribution in [0.2, 0.25) is 0 Å². The molecular formula is C10H20NO2. The van der Waals surface area contributed by atoms with Crippen LogP contribution in [-0.4, -0.2) is 18.1 Å². The van der Waals surface area contributed by atoms with Crippen molar-refractivity contribution in [2.24, 2.45) is 0 Å². The maximum atomic E-state index is 11.1. The molecule has 0 unspecified atom stereocenters. The van der Waals surface area contributed by atoms with Crippen LogP contribution in [0.15, 0.2) is 0 Å². The summed E-state index contributed by atoms with van der Waals surface area (Å²) in [6.07, 6.45) is 4.37. The largest absolute Gasteiger partial charge is 0.464 e. The number of carbonyl (C=O) groups excluding carboxylic acids is 1. The number of unbranched alkanes of at least 4 members (excludes halogenated alkanes) is 3. The predicted molar refractivity (Wildman–Crippen MR) is 52.3 cm³/mol. The molecule has 0 saturated heterocycles. The van der Waals surface area contributed by atoms with Gasteiger partial charge in [-0.3, -0.25) is 4.79 Å². The predicted octanol–water partition coefficient (Wildman–Crippen LogP) is 2.17. The first kappa shape index (κ1) is 12.4. The first-order chi connectivity index (χ1) is 5.98. The molecule has 0 aromatic carbocycles. The van der Waals surface area contributed by atoms with Crippen LogP contribution < -0.4 is 5.73 Å². The molecule has 0 amide bonds. The molecule has 3 nitrogen and oxygen atoms in total. The summed E-state index contributed by atoms with van der Waals surface area (Å²) >= 11 is 0. The second-order valence-electron chi connectivity index (χ2n) is 3.82. The van der Waals surface area contributed by atoms with E-state index in [-0.39, 0.29) is 0 Å². The Morgan fingerprint density at radius 2 is 1.92 bits per heavy atom. The van der Waals surface area contributed by atoms with Gasteiger partial charge in [-0.25, -0.2) is 5.73 Å². The lowest BCUT2D eigenvalue weighted by molar-refractivity contribution is -0.149. The highest BCUT2D eigenvalue weighted by Gasteiger charge is 2.24. The fourth-order valence-corrected chi connectivity index (χ4v) is 0.874. The van der Waals surface area contributed by atoms with Crippen LogP contribution >= 0.6 is 0 Å². The second kappa shape index (κ2) is 5.97. The van der Waals surface area contributed by atoms with Gasteiger partial charge in [-0.15, -0.1) is 0 Å². The van der Waals surface area contributed by atoms with Crippen LogP contribution in [0.3, 0.4) is 0 Å². The van der Waals surface area contributed by atoms with E-state index in [1.165, 1.54) is 12.8 Å². The molecule has 0 aromatic heterocycles.